The van der Waals surface area contributed by atoms with Crippen LogP contribution in [0.4, 0.5) is 0 Å². The van der Waals surface area contributed by atoms with Crippen LogP contribution in [0.3, 0.4) is 0 Å². The van der Waals surface area contributed by atoms with Gasteiger partial charge in [0.05, 0.1) is 0 Å². The predicted octanol–water partition coefficient (Wildman–Crippen LogP) is 9.54. The Morgan fingerprint density at radius 2 is 0.769 bits per heavy atom. The van der Waals surface area contributed by atoms with E-state index in [0.29, 0.717) is 0 Å². The van der Waals surface area contributed by atoms with Gasteiger partial charge in [-0.3, -0.25) is 0 Å². The average molecular weight is 584 g/mol. The summed E-state index contributed by atoms with van der Waals surface area (Å²) in [5.74, 6) is 3.28. The Morgan fingerprint density at radius 3 is 1.08 bits per heavy atom. The van der Waals surface area contributed by atoms with Gasteiger partial charge in [0.1, 0.15) is 0 Å². The van der Waals surface area contributed by atoms with E-state index in [0.717, 1.165) is 23.0 Å². The minimum atomic E-state index is -0.433. The van der Waals surface area contributed by atoms with Crippen molar-refractivity contribution in [2.75, 3.05) is 0 Å². The van der Waals surface area contributed by atoms with E-state index in [2.05, 4.69) is 65.8 Å². The molecule has 0 unspecified atom stereocenters. The third-order valence-electron chi connectivity index (χ3n) is 7.11. The van der Waals surface area contributed by atoms with Crippen LogP contribution in [0, 0.1) is 10.8 Å². The number of para-hydroxylation sites is 2. The van der Waals surface area contributed by atoms with E-state index in [1.54, 1.807) is 0 Å². The molecule has 0 amide bonds. The summed E-state index contributed by atoms with van der Waals surface area (Å²) in [6.45, 7) is 13.7. The van der Waals surface area contributed by atoms with E-state index in [1.807, 2.05) is 84.9 Å². The Hall–Kier alpha value is -3.40. The SMILES string of the molecule is CC(C)(C)[C@]1(c2ccc(Oc3ccccc3)cc2)N=N[C@@](c2ccc(Oc3ccccc3)cc2)(C(C)(C)C)[Se]1. The Labute approximate surface area is 238 Å². The van der Waals surface area contributed by atoms with E-state index < -0.39 is 8.87 Å². The van der Waals surface area contributed by atoms with Crippen LogP contribution < -0.4 is 9.47 Å². The summed E-state index contributed by atoms with van der Waals surface area (Å²) in [5.41, 5.74) is 2.08. The molecule has 0 bridgehead atoms. The number of ether oxygens (including phenoxy) is 2. The van der Waals surface area contributed by atoms with Gasteiger partial charge in [0.2, 0.25) is 0 Å². The molecule has 1 aliphatic heterocycles. The topological polar surface area (TPSA) is 43.2 Å². The van der Waals surface area contributed by atoms with Crippen molar-refractivity contribution in [2.45, 2.75) is 50.4 Å². The molecule has 2 atom stereocenters. The number of hydrogen-bond donors (Lipinski definition) is 0. The van der Waals surface area contributed by atoms with Gasteiger partial charge in [-0.15, -0.1) is 0 Å². The molecule has 0 N–H and O–H groups in total. The summed E-state index contributed by atoms with van der Waals surface area (Å²) in [5, 5.41) is 10.4. The number of nitrogens with zero attached hydrogens (tertiary/aromatic N) is 2. The molecule has 0 aliphatic carbocycles. The van der Waals surface area contributed by atoms with Crippen molar-refractivity contribution in [3.8, 4) is 23.0 Å². The van der Waals surface area contributed by atoms with Gasteiger partial charge in [-0.05, 0) is 0 Å². The fraction of sp³-hybridized carbons (Fsp3) is 0.294. The van der Waals surface area contributed by atoms with Gasteiger partial charge in [0, 0.05) is 0 Å². The zero-order valence-corrected chi connectivity index (χ0v) is 25.2. The molecular weight excluding hydrogens is 547 g/mol. The second-order valence-corrected chi connectivity index (χ2v) is 14.9. The van der Waals surface area contributed by atoms with Crippen molar-refractivity contribution in [3.05, 3.63) is 120 Å². The third-order valence-corrected chi connectivity index (χ3v) is 12.3. The van der Waals surface area contributed by atoms with Crippen molar-refractivity contribution in [1.29, 1.82) is 0 Å². The van der Waals surface area contributed by atoms with Gasteiger partial charge in [0.25, 0.3) is 0 Å². The van der Waals surface area contributed by atoms with Gasteiger partial charge in [-0.25, -0.2) is 0 Å². The van der Waals surface area contributed by atoms with Crippen molar-refractivity contribution in [2.24, 2.45) is 21.1 Å². The number of azo groups is 1. The van der Waals surface area contributed by atoms with Crippen molar-refractivity contribution < 1.29 is 9.47 Å². The van der Waals surface area contributed by atoms with Crippen molar-refractivity contribution in [1.82, 2.24) is 0 Å². The predicted molar refractivity (Wildman–Crippen MR) is 159 cm³/mol. The normalized spacial score (nSPS) is 21.1. The Morgan fingerprint density at radius 1 is 0.462 bits per heavy atom. The van der Waals surface area contributed by atoms with Crippen LogP contribution in [0.25, 0.3) is 0 Å². The quantitative estimate of drug-likeness (QED) is 0.212. The first-order valence-electron chi connectivity index (χ1n) is 13.3. The molecule has 4 aromatic carbocycles. The third kappa shape index (κ3) is 5.26. The van der Waals surface area contributed by atoms with Gasteiger partial charge < -0.3 is 0 Å². The van der Waals surface area contributed by atoms with Crippen LogP contribution >= 0.6 is 0 Å². The van der Waals surface area contributed by atoms with Gasteiger partial charge in [0.15, 0.2) is 0 Å². The van der Waals surface area contributed by atoms with Gasteiger partial charge in [-0.2, -0.15) is 0 Å². The van der Waals surface area contributed by atoms with Crippen molar-refractivity contribution in [3.63, 3.8) is 0 Å². The van der Waals surface area contributed by atoms with Gasteiger partial charge >= 0.3 is 239 Å². The zero-order valence-electron chi connectivity index (χ0n) is 23.5. The molecule has 0 saturated heterocycles. The van der Waals surface area contributed by atoms with Crippen molar-refractivity contribution >= 4 is 15.0 Å². The average Bonchev–Trinajstić information content (AvgIpc) is 3.35. The maximum atomic E-state index is 6.07. The summed E-state index contributed by atoms with van der Waals surface area (Å²) >= 11 is -0.0277. The molecule has 5 rings (SSSR count). The minimum absolute atomic E-state index is 0.0277. The fourth-order valence-corrected chi connectivity index (χ4v) is 8.44. The molecule has 0 saturated carbocycles. The summed E-state index contributed by atoms with van der Waals surface area (Å²) in [6, 6.07) is 36.6. The first-order chi connectivity index (χ1) is 18.5. The number of rotatable bonds is 6. The monoisotopic (exact) mass is 584 g/mol. The van der Waals surface area contributed by atoms with Crippen LogP contribution in [0.1, 0.15) is 52.7 Å². The molecule has 39 heavy (non-hydrogen) atoms. The molecule has 200 valence electrons. The number of benzene rings is 4. The van der Waals surface area contributed by atoms with E-state index in [4.69, 9.17) is 19.7 Å². The summed E-state index contributed by atoms with van der Waals surface area (Å²) in [6.07, 6.45) is 0. The summed E-state index contributed by atoms with van der Waals surface area (Å²) < 4.78 is 11.3. The molecule has 1 aliphatic rings. The molecule has 0 spiro atoms. The molecule has 5 heteroatoms. The Bertz CT molecular complexity index is 1310. The number of hydrogen-bond acceptors (Lipinski definition) is 4. The van der Waals surface area contributed by atoms with E-state index >= 15 is 0 Å². The maximum absolute atomic E-state index is 6.07. The first-order valence-corrected chi connectivity index (χ1v) is 15.0. The van der Waals surface area contributed by atoms with E-state index in [1.165, 1.54) is 11.1 Å². The molecule has 1 heterocycles. The molecular formula is C34H36N2O2Se. The summed E-state index contributed by atoms with van der Waals surface area (Å²) in [7, 11) is 0. The van der Waals surface area contributed by atoms with E-state index in [9.17, 15) is 0 Å². The van der Waals surface area contributed by atoms with E-state index in [-0.39, 0.29) is 25.8 Å². The molecule has 0 radical (unpaired) electrons. The second-order valence-electron chi connectivity index (χ2n) is 12.0. The molecule has 0 fully saturated rings. The van der Waals surface area contributed by atoms with Crippen LogP contribution in [0.5, 0.6) is 23.0 Å². The van der Waals surface area contributed by atoms with Crippen LogP contribution in [-0.4, -0.2) is 15.0 Å². The molecule has 0 aromatic heterocycles. The van der Waals surface area contributed by atoms with Crippen LogP contribution in [-0.2, 0) is 8.87 Å². The first kappa shape index (κ1) is 27.2. The van der Waals surface area contributed by atoms with Crippen LogP contribution in [0.2, 0.25) is 0 Å². The fourth-order valence-electron chi connectivity index (χ4n) is 4.85. The van der Waals surface area contributed by atoms with Crippen LogP contribution in [0.15, 0.2) is 119 Å². The second kappa shape index (κ2) is 10.3. The standard InChI is InChI=1S/C34H36N2O2Se/c1-31(2,3)33(25-17-21-29(22-18-25)37-27-13-9-7-10-14-27)35-36-34(39-33,32(4,5)6)26-19-23-30(24-20-26)38-28-15-11-8-12-16-28/h7-24H,1-6H3/t33-,34-/m1/s1. The molecule has 4 nitrogen and oxygen atoms in total. The Kier molecular flexibility index (Phi) is 7.17. The molecule has 4 aromatic rings. The van der Waals surface area contributed by atoms with Gasteiger partial charge in [-0.1, -0.05) is 0 Å². The Balaban J connectivity index is 1.48. The summed E-state index contributed by atoms with van der Waals surface area (Å²) in [4.78, 5) is 0. The zero-order chi connectivity index (χ0) is 27.7.